The lowest BCUT2D eigenvalue weighted by atomic mass is 9.99. The van der Waals surface area contributed by atoms with Gasteiger partial charge >= 0.3 is 5.97 Å². The Bertz CT molecular complexity index is 316. The molecule has 1 N–H and O–H groups in total. The molecule has 0 bridgehead atoms. The molecule has 0 radical (unpaired) electrons. The van der Waals surface area contributed by atoms with Gasteiger partial charge in [0.05, 0.1) is 5.56 Å². The standard InChI is InChI=1S/C11H14O2/c1-3-5-9-7-4-6-8(2)10(9)11(12)13/h4,6-7H,3,5H2,1-2H3,(H,12,13). The highest BCUT2D eigenvalue weighted by Crippen LogP contribution is 2.15. The Morgan fingerprint density at radius 2 is 2.15 bits per heavy atom. The molecule has 0 saturated heterocycles. The van der Waals surface area contributed by atoms with E-state index in [1.165, 1.54) is 0 Å². The molecular weight excluding hydrogens is 164 g/mol. The molecule has 13 heavy (non-hydrogen) atoms. The molecule has 1 aromatic rings. The minimum absolute atomic E-state index is 0.476. The number of hydrogen-bond donors (Lipinski definition) is 1. The summed E-state index contributed by atoms with van der Waals surface area (Å²) in [4.78, 5) is 10.9. The van der Waals surface area contributed by atoms with Gasteiger partial charge in [-0.2, -0.15) is 0 Å². The van der Waals surface area contributed by atoms with E-state index in [9.17, 15) is 4.79 Å². The summed E-state index contributed by atoms with van der Waals surface area (Å²) in [5.74, 6) is -0.818. The van der Waals surface area contributed by atoms with Crippen LogP contribution in [0.5, 0.6) is 0 Å². The predicted octanol–water partition coefficient (Wildman–Crippen LogP) is 2.65. The fourth-order valence-corrected chi connectivity index (χ4v) is 1.51. The quantitative estimate of drug-likeness (QED) is 0.772. The first-order valence-electron chi connectivity index (χ1n) is 4.48. The van der Waals surface area contributed by atoms with Crippen molar-refractivity contribution < 1.29 is 9.90 Å². The number of carbonyl (C=O) groups is 1. The fourth-order valence-electron chi connectivity index (χ4n) is 1.51. The Kier molecular flexibility index (Phi) is 3.07. The third-order valence-corrected chi connectivity index (χ3v) is 2.09. The number of rotatable bonds is 3. The molecule has 2 heteroatoms. The SMILES string of the molecule is CCCc1cccc(C)c1C(=O)O. The summed E-state index contributed by atoms with van der Waals surface area (Å²) in [5, 5.41) is 8.97. The van der Waals surface area contributed by atoms with E-state index >= 15 is 0 Å². The van der Waals surface area contributed by atoms with Crippen molar-refractivity contribution in [3.8, 4) is 0 Å². The molecule has 0 amide bonds. The molecule has 0 aliphatic heterocycles. The highest BCUT2D eigenvalue weighted by molar-refractivity contribution is 5.91. The Morgan fingerprint density at radius 3 is 2.69 bits per heavy atom. The summed E-state index contributed by atoms with van der Waals surface area (Å²) in [6.07, 6.45) is 1.81. The van der Waals surface area contributed by atoms with Crippen LogP contribution in [0.15, 0.2) is 18.2 Å². The lowest BCUT2D eigenvalue weighted by Crippen LogP contribution is -2.04. The van der Waals surface area contributed by atoms with Gasteiger partial charge in [0.1, 0.15) is 0 Å². The maximum absolute atomic E-state index is 10.9. The van der Waals surface area contributed by atoms with E-state index in [2.05, 4.69) is 0 Å². The predicted molar refractivity (Wildman–Crippen MR) is 52.1 cm³/mol. The van der Waals surface area contributed by atoms with Crippen molar-refractivity contribution in [2.45, 2.75) is 26.7 Å². The zero-order chi connectivity index (χ0) is 9.84. The second kappa shape index (κ2) is 4.08. The van der Waals surface area contributed by atoms with Crippen molar-refractivity contribution in [2.24, 2.45) is 0 Å². The highest BCUT2D eigenvalue weighted by Gasteiger charge is 2.11. The summed E-state index contributed by atoms with van der Waals surface area (Å²) in [7, 11) is 0. The molecule has 0 fully saturated rings. The van der Waals surface area contributed by atoms with Crippen LogP contribution >= 0.6 is 0 Å². The molecule has 70 valence electrons. The normalized spacial score (nSPS) is 10.0. The van der Waals surface area contributed by atoms with Gasteiger partial charge in [-0.3, -0.25) is 0 Å². The molecule has 0 aliphatic carbocycles. The third-order valence-electron chi connectivity index (χ3n) is 2.09. The molecule has 0 saturated carbocycles. The first-order chi connectivity index (χ1) is 6.16. The zero-order valence-corrected chi connectivity index (χ0v) is 8.00. The van der Waals surface area contributed by atoms with Gasteiger partial charge in [-0.05, 0) is 24.5 Å². The van der Waals surface area contributed by atoms with E-state index in [-0.39, 0.29) is 0 Å². The number of benzene rings is 1. The third kappa shape index (κ3) is 2.08. The van der Waals surface area contributed by atoms with Crippen molar-refractivity contribution in [1.29, 1.82) is 0 Å². The summed E-state index contributed by atoms with van der Waals surface area (Å²) in [6, 6.07) is 5.63. The number of carboxylic acids is 1. The van der Waals surface area contributed by atoms with Gasteiger partial charge in [0.2, 0.25) is 0 Å². The number of hydrogen-bond acceptors (Lipinski definition) is 1. The zero-order valence-electron chi connectivity index (χ0n) is 8.00. The van der Waals surface area contributed by atoms with Crippen molar-refractivity contribution in [1.82, 2.24) is 0 Å². The molecule has 1 aromatic carbocycles. The molecule has 0 heterocycles. The Labute approximate surface area is 78.2 Å². The van der Waals surface area contributed by atoms with E-state index in [0.29, 0.717) is 5.56 Å². The Hall–Kier alpha value is -1.31. The topological polar surface area (TPSA) is 37.3 Å². The second-order valence-electron chi connectivity index (χ2n) is 3.16. The maximum atomic E-state index is 10.9. The lowest BCUT2D eigenvalue weighted by Gasteiger charge is -2.06. The number of carboxylic acid groups (broad SMARTS) is 1. The van der Waals surface area contributed by atoms with Gasteiger partial charge in [-0.15, -0.1) is 0 Å². The maximum Gasteiger partial charge on any atom is 0.336 e. The molecule has 0 atom stereocenters. The lowest BCUT2D eigenvalue weighted by molar-refractivity contribution is 0.0695. The average Bonchev–Trinajstić information content (AvgIpc) is 2.04. The van der Waals surface area contributed by atoms with Crippen LogP contribution in [0, 0.1) is 6.92 Å². The first kappa shape index (κ1) is 9.78. The molecule has 2 nitrogen and oxygen atoms in total. The average molecular weight is 178 g/mol. The summed E-state index contributed by atoms with van der Waals surface area (Å²) < 4.78 is 0. The van der Waals surface area contributed by atoms with Crippen LogP contribution in [0.3, 0.4) is 0 Å². The molecule has 1 rings (SSSR count). The smallest absolute Gasteiger partial charge is 0.336 e. The Morgan fingerprint density at radius 1 is 1.46 bits per heavy atom. The number of aryl methyl sites for hydroxylation is 2. The summed E-state index contributed by atoms with van der Waals surface area (Å²) in [5.41, 5.74) is 2.26. The summed E-state index contributed by atoms with van der Waals surface area (Å²) >= 11 is 0. The van der Waals surface area contributed by atoms with Crippen molar-refractivity contribution in [3.63, 3.8) is 0 Å². The highest BCUT2D eigenvalue weighted by atomic mass is 16.4. The van der Waals surface area contributed by atoms with Crippen molar-refractivity contribution in [2.75, 3.05) is 0 Å². The first-order valence-corrected chi connectivity index (χ1v) is 4.48. The number of aromatic carboxylic acids is 1. The second-order valence-corrected chi connectivity index (χ2v) is 3.16. The van der Waals surface area contributed by atoms with Crippen LogP contribution in [-0.2, 0) is 6.42 Å². The molecule has 0 unspecified atom stereocenters. The van der Waals surface area contributed by atoms with Crippen LogP contribution in [0.2, 0.25) is 0 Å². The van der Waals surface area contributed by atoms with Crippen LogP contribution < -0.4 is 0 Å². The van der Waals surface area contributed by atoms with Gasteiger partial charge < -0.3 is 5.11 Å². The van der Waals surface area contributed by atoms with Crippen LogP contribution in [-0.4, -0.2) is 11.1 Å². The van der Waals surface area contributed by atoms with E-state index in [4.69, 9.17) is 5.11 Å². The molecule has 0 aliphatic rings. The molecular formula is C11H14O2. The van der Waals surface area contributed by atoms with Gasteiger partial charge in [0.25, 0.3) is 0 Å². The van der Waals surface area contributed by atoms with E-state index in [1.807, 2.05) is 32.0 Å². The summed E-state index contributed by atoms with van der Waals surface area (Å²) in [6.45, 7) is 3.89. The molecule has 0 aromatic heterocycles. The van der Waals surface area contributed by atoms with Gasteiger partial charge in [-0.25, -0.2) is 4.79 Å². The minimum Gasteiger partial charge on any atom is -0.478 e. The van der Waals surface area contributed by atoms with Crippen LogP contribution in [0.4, 0.5) is 0 Å². The van der Waals surface area contributed by atoms with Gasteiger partial charge in [-0.1, -0.05) is 31.5 Å². The van der Waals surface area contributed by atoms with Gasteiger partial charge in [0.15, 0.2) is 0 Å². The fraction of sp³-hybridized carbons (Fsp3) is 0.364. The van der Waals surface area contributed by atoms with E-state index in [1.54, 1.807) is 0 Å². The minimum atomic E-state index is -0.818. The largest absolute Gasteiger partial charge is 0.478 e. The van der Waals surface area contributed by atoms with Crippen LogP contribution in [0.25, 0.3) is 0 Å². The van der Waals surface area contributed by atoms with E-state index in [0.717, 1.165) is 24.0 Å². The van der Waals surface area contributed by atoms with Crippen molar-refractivity contribution >= 4 is 5.97 Å². The molecule has 0 spiro atoms. The Balaban J connectivity index is 3.17. The van der Waals surface area contributed by atoms with E-state index < -0.39 is 5.97 Å². The van der Waals surface area contributed by atoms with Gasteiger partial charge in [0, 0.05) is 0 Å². The van der Waals surface area contributed by atoms with Crippen LogP contribution in [0.1, 0.15) is 34.8 Å². The monoisotopic (exact) mass is 178 g/mol. The van der Waals surface area contributed by atoms with Crippen molar-refractivity contribution in [3.05, 3.63) is 34.9 Å².